The molecule has 2 aliphatic heterocycles. The summed E-state index contributed by atoms with van der Waals surface area (Å²) >= 11 is 0. The SMILES string of the molecule is CC(=O)c1ccc(N2CCC3(CCC(=O)N(Cc4ccncc4)C3)CC2)nc1. The minimum Gasteiger partial charge on any atom is -0.357 e. The lowest BCUT2D eigenvalue weighted by atomic mass is 9.72. The summed E-state index contributed by atoms with van der Waals surface area (Å²) in [5.74, 6) is 1.23. The molecule has 2 aromatic heterocycles. The number of nitrogens with zero attached hydrogens (tertiary/aromatic N) is 4. The van der Waals surface area contributed by atoms with Crippen LogP contribution < -0.4 is 4.90 Å². The second-order valence-electron chi connectivity index (χ2n) is 8.05. The molecule has 2 aliphatic rings. The molecule has 6 heteroatoms. The Hall–Kier alpha value is -2.76. The van der Waals surface area contributed by atoms with Crippen LogP contribution in [-0.2, 0) is 11.3 Å². The maximum Gasteiger partial charge on any atom is 0.222 e. The minimum atomic E-state index is 0.0396. The molecule has 146 valence electrons. The number of ketones is 1. The van der Waals surface area contributed by atoms with Gasteiger partial charge < -0.3 is 9.80 Å². The van der Waals surface area contributed by atoms with Crippen molar-refractivity contribution in [3.63, 3.8) is 0 Å². The average molecular weight is 378 g/mol. The van der Waals surface area contributed by atoms with Gasteiger partial charge in [-0.2, -0.15) is 0 Å². The summed E-state index contributed by atoms with van der Waals surface area (Å²) in [6.07, 6.45) is 8.95. The molecule has 0 unspecified atom stereocenters. The molecule has 0 bridgehead atoms. The fraction of sp³-hybridized carbons (Fsp3) is 0.455. The highest BCUT2D eigenvalue weighted by Crippen LogP contribution is 2.41. The Labute approximate surface area is 165 Å². The van der Waals surface area contributed by atoms with E-state index in [2.05, 4.69) is 14.9 Å². The molecule has 2 fully saturated rings. The molecule has 0 radical (unpaired) electrons. The Balaban J connectivity index is 1.40. The van der Waals surface area contributed by atoms with Crippen molar-refractivity contribution in [3.8, 4) is 0 Å². The maximum atomic E-state index is 12.5. The van der Waals surface area contributed by atoms with Gasteiger partial charge in [0, 0.05) is 56.8 Å². The van der Waals surface area contributed by atoms with Crippen LogP contribution in [0.3, 0.4) is 0 Å². The minimum absolute atomic E-state index is 0.0396. The topological polar surface area (TPSA) is 66.4 Å². The predicted octanol–water partition coefficient (Wildman–Crippen LogP) is 3.09. The third-order valence-corrected chi connectivity index (χ3v) is 6.17. The van der Waals surface area contributed by atoms with E-state index in [0.29, 0.717) is 18.5 Å². The molecule has 4 heterocycles. The number of amides is 1. The number of anilines is 1. The highest BCUT2D eigenvalue weighted by Gasteiger charge is 2.41. The van der Waals surface area contributed by atoms with Crippen molar-refractivity contribution in [1.82, 2.24) is 14.9 Å². The summed E-state index contributed by atoms with van der Waals surface area (Å²) < 4.78 is 0. The van der Waals surface area contributed by atoms with Gasteiger partial charge in [-0.1, -0.05) is 0 Å². The van der Waals surface area contributed by atoms with Gasteiger partial charge in [0.15, 0.2) is 5.78 Å². The molecule has 2 saturated heterocycles. The first kappa shape index (κ1) is 18.6. The van der Waals surface area contributed by atoms with Crippen molar-refractivity contribution in [2.75, 3.05) is 24.5 Å². The predicted molar refractivity (Wildman–Crippen MR) is 107 cm³/mol. The molecule has 6 nitrogen and oxygen atoms in total. The first-order valence-electron chi connectivity index (χ1n) is 9.93. The number of aromatic nitrogens is 2. The van der Waals surface area contributed by atoms with Gasteiger partial charge in [0.25, 0.3) is 0 Å². The third kappa shape index (κ3) is 3.91. The van der Waals surface area contributed by atoms with E-state index >= 15 is 0 Å². The van der Waals surface area contributed by atoms with E-state index in [1.165, 1.54) is 0 Å². The zero-order valence-electron chi connectivity index (χ0n) is 16.3. The number of carbonyl (C=O) groups excluding carboxylic acids is 2. The van der Waals surface area contributed by atoms with Gasteiger partial charge in [-0.25, -0.2) is 4.98 Å². The third-order valence-electron chi connectivity index (χ3n) is 6.17. The van der Waals surface area contributed by atoms with Gasteiger partial charge in [-0.15, -0.1) is 0 Å². The Morgan fingerprint density at radius 3 is 2.50 bits per heavy atom. The van der Waals surface area contributed by atoms with Crippen molar-refractivity contribution < 1.29 is 9.59 Å². The quantitative estimate of drug-likeness (QED) is 0.765. The Kier molecular flexibility index (Phi) is 5.11. The van der Waals surface area contributed by atoms with Gasteiger partial charge in [-0.3, -0.25) is 14.6 Å². The number of carbonyl (C=O) groups is 2. The molecular weight excluding hydrogens is 352 g/mol. The van der Waals surface area contributed by atoms with Crippen LogP contribution in [-0.4, -0.2) is 46.2 Å². The zero-order valence-corrected chi connectivity index (χ0v) is 16.3. The molecule has 0 atom stereocenters. The molecular formula is C22H26N4O2. The number of piperidine rings is 2. The number of hydrogen-bond donors (Lipinski definition) is 0. The Bertz CT molecular complexity index is 843. The van der Waals surface area contributed by atoms with Crippen LogP contribution in [0, 0.1) is 5.41 Å². The van der Waals surface area contributed by atoms with Crippen molar-refractivity contribution >= 4 is 17.5 Å². The standard InChI is InChI=1S/C22H26N4O2/c1-17(27)19-2-3-20(24-14-19)25-12-8-22(9-13-25)7-4-21(28)26(16-22)15-18-5-10-23-11-6-18/h2-3,5-6,10-11,14H,4,7-9,12-13,15-16H2,1H3. The summed E-state index contributed by atoms with van der Waals surface area (Å²) in [6.45, 7) is 4.93. The first-order chi connectivity index (χ1) is 13.5. The molecule has 0 N–H and O–H groups in total. The smallest absolute Gasteiger partial charge is 0.222 e. The lowest BCUT2D eigenvalue weighted by Crippen LogP contribution is -2.51. The van der Waals surface area contributed by atoms with Crippen LogP contribution in [0.15, 0.2) is 42.9 Å². The second kappa shape index (κ2) is 7.70. The van der Waals surface area contributed by atoms with Crippen LogP contribution in [0.5, 0.6) is 0 Å². The number of likely N-dealkylation sites (tertiary alicyclic amines) is 1. The van der Waals surface area contributed by atoms with Crippen LogP contribution in [0.25, 0.3) is 0 Å². The fourth-order valence-corrected chi connectivity index (χ4v) is 4.35. The molecule has 0 saturated carbocycles. The van der Waals surface area contributed by atoms with Crippen LogP contribution in [0.1, 0.15) is 48.5 Å². The van der Waals surface area contributed by atoms with E-state index in [1.54, 1.807) is 25.5 Å². The fourth-order valence-electron chi connectivity index (χ4n) is 4.35. The highest BCUT2D eigenvalue weighted by atomic mass is 16.2. The molecule has 4 rings (SSSR count). The van der Waals surface area contributed by atoms with Gasteiger partial charge in [0.1, 0.15) is 5.82 Å². The second-order valence-corrected chi connectivity index (χ2v) is 8.05. The van der Waals surface area contributed by atoms with Crippen molar-refractivity contribution in [2.45, 2.75) is 39.2 Å². The van der Waals surface area contributed by atoms with E-state index in [4.69, 9.17) is 0 Å². The van der Waals surface area contributed by atoms with Gasteiger partial charge in [0.2, 0.25) is 5.91 Å². The van der Waals surface area contributed by atoms with Crippen molar-refractivity contribution in [2.24, 2.45) is 5.41 Å². The van der Waals surface area contributed by atoms with Gasteiger partial charge >= 0.3 is 0 Å². The van der Waals surface area contributed by atoms with Crippen molar-refractivity contribution in [3.05, 3.63) is 54.0 Å². The number of pyridine rings is 2. The molecule has 1 amide bonds. The van der Waals surface area contributed by atoms with Crippen molar-refractivity contribution in [1.29, 1.82) is 0 Å². The molecule has 0 aromatic carbocycles. The molecule has 2 aromatic rings. The van der Waals surface area contributed by atoms with Crippen LogP contribution in [0.4, 0.5) is 5.82 Å². The van der Waals surface area contributed by atoms with E-state index in [9.17, 15) is 9.59 Å². The summed E-state index contributed by atoms with van der Waals surface area (Å²) in [5, 5.41) is 0. The lowest BCUT2D eigenvalue weighted by Gasteiger charge is -2.47. The van der Waals surface area contributed by atoms with E-state index in [1.807, 2.05) is 29.2 Å². The summed E-state index contributed by atoms with van der Waals surface area (Å²) in [4.78, 5) is 36.7. The Morgan fingerprint density at radius 2 is 1.86 bits per heavy atom. The first-order valence-corrected chi connectivity index (χ1v) is 9.93. The Morgan fingerprint density at radius 1 is 1.11 bits per heavy atom. The van der Waals surface area contributed by atoms with Gasteiger partial charge in [0.05, 0.1) is 0 Å². The molecule has 0 aliphatic carbocycles. The molecule has 1 spiro atoms. The van der Waals surface area contributed by atoms with E-state index < -0.39 is 0 Å². The maximum absolute atomic E-state index is 12.5. The lowest BCUT2D eigenvalue weighted by molar-refractivity contribution is -0.139. The van der Waals surface area contributed by atoms with Crippen LogP contribution in [0.2, 0.25) is 0 Å². The largest absolute Gasteiger partial charge is 0.357 e. The summed E-state index contributed by atoms with van der Waals surface area (Å²) in [6, 6.07) is 7.75. The summed E-state index contributed by atoms with van der Waals surface area (Å²) in [7, 11) is 0. The number of Topliss-reactive ketones (excluding diaryl/α,β-unsaturated/α-hetero) is 1. The van der Waals surface area contributed by atoms with Gasteiger partial charge in [-0.05, 0) is 61.4 Å². The monoisotopic (exact) mass is 378 g/mol. The molecule has 28 heavy (non-hydrogen) atoms. The number of hydrogen-bond acceptors (Lipinski definition) is 5. The van der Waals surface area contributed by atoms with E-state index in [0.717, 1.165) is 50.3 Å². The average Bonchev–Trinajstić information content (AvgIpc) is 2.72. The van der Waals surface area contributed by atoms with E-state index in [-0.39, 0.29) is 17.1 Å². The summed E-state index contributed by atoms with van der Waals surface area (Å²) in [5.41, 5.74) is 1.99. The van der Waals surface area contributed by atoms with Crippen LogP contribution >= 0.6 is 0 Å². The number of rotatable bonds is 4. The zero-order chi connectivity index (χ0) is 19.6. The normalized spacial score (nSPS) is 19.1. The highest BCUT2D eigenvalue weighted by molar-refractivity contribution is 5.93.